The van der Waals surface area contributed by atoms with Crippen LogP contribution >= 0.6 is 0 Å². The summed E-state index contributed by atoms with van der Waals surface area (Å²) < 4.78 is 105. The first-order valence-corrected chi connectivity index (χ1v) is 22.0. The number of aryl methyl sites for hydroxylation is 4. The average molecular weight is 1030 g/mol. The van der Waals surface area contributed by atoms with E-state index in [1.54, 1.807) is 0 Å². The number of aliphatic hydroxyl groups excluding tert-OH is 1. The number of alkyl halides is 6. The summed E-state index contributed by atoms with van der Waals surface area (Å²) in [4.78, 5) is 71.2. The Hall–Kier alpha value is -6.65. The van der Waals surface area contributed by atoms with Crippen LogP contribution in [0.25, 0.3) is 22.1 Å². The molecule has 0 amide bonds. The van der Waals surface area contributed by atoms with Gasteiger partial charge in [0.25, 0.3) is 17.6 Å². The van der Waals surface area contributed by atoms with E-state index in [9.17, 15) is 50.3 Å². The molecule has 73 heavy (non-hydrogen) atoms. The van der Waals surface area contributed by atoms with Gasteiger partial charge in [-0.2, -0.15) is 0 Å². The summed E-state index contributed by atoms with van der Waals surface area (Å²) in [7, 11) is 2.98. The predicted molar refractivity (Wildman–Crippen MR) is 249 cm³/mol. The van der Waals surface area contributed by atoms with E-state index in [0.29, 0.717) is 36.8 Å². The normalized spacial score (nSPS) is 11.3. The number of rotatable bonds is 20. The molecule has 0 saturated heterocycles. The minimum absolute atomic E-state index is 0. The van der Waals surface area contributed by atoms with Gasteiger partial charge in [-0.15, -0.1) is 26.3 Å². The van der Waals surface area contributed by atoms with E-state index in [1.807, 2.05) is 27.7 Å². The van der Waals surface area contributed by atoms with Gasteiger partial charge in [-0.05, 0) is 74.6 Å². The number of hydrogen-bond donors (Lipinski definition) is 1. The largest absolute Gasteiger partial charge is 1.00 e. The molecule has 26 heteroatoms. The Morgan fingerprint density at radius 3 is 1.40 bits per heavy atom. The third-order valence-electron chi connectivity index (χ3n) is 10.6. The summed E-state index contributed by atoms with van der Waals surface area (Å²) in [5, 5.41) is 9.53. The van der Waals surface area contributed by atoms with Crippen molar-refractivity contribution >= 4 is 28.5 Å². The van der Waals surface area contributed by atoms with Crippen molar-refractivity contribution in [3.05, 3.63) is 114 Å². The Balaban J connectivity index is 0.000000481. The number of benzene rings is 2. The van der Waals surface area contributed by atoms with Crippen molar-refractivity contribution in [2.24, 2.45) is 25.9 Å². The number of fused-ring (bicyclic) bond motifs is 2. The molecule has 0 atom stereocenters. The predicted octanol–water partition coefficient (Wildman–Crippen LogP) is 3.70. The molecule has 0 fully saturated rings. The fraction of sp³-hybridized carbons (Fsp3) is 0.426. The third-order valence-corrected chi connectivity index (χ3v) is 10.6. The standard InChI is InChI=1S/C24H26F3N3O6.C23H26F3N3O5.Li.2H2O/c1-15(2)8-9-18-19(35-16-6-4-7-17(12-16)36-24(25,26)27)13-28-21-20(18)22(32)30(23(33)29(21)3)10-5-11-34-14-31;1-14(2)8-9-17-18(33-15-6-4-7-16(12-15)34-23(24,25)26)13-27-20-19(17)21(31)29(10-5-11-30)22(32)28(20)3;;;/h4,6-7,12-15H,5,8-11H2,1-3H3;4,6-7,12-14,30H,5,8-11H2,1-3H3;;2*1H2/q;;+1;;/p-1. The van der Waals surface area contributed by atoms with Crippen molar-refractivity contribution in [1.29, 1.82) is 0 Å². The Labute approximate surface area is 424 Å². The van der Waals surface area contributed by atoms with E-state index >= 15 is 0 Å². The van der Waals surface area contributed by atoms with Crippen LogP contribution in [0.5, 0.6) is 34.5 Å². The van der Waals surface area contributed by atoms with Gasteiger partial charge in [0.05, 0.1) is 29.8 Å². The summed E-state index contributed by atoms with van der Waals surface area (Å²) in [5.74, 6) is 0.138. The van der Waals surface area contributed by atoms with E-state index < -0.39 is 46.7 Å². The Bertz CT molecular complexity index is 3050. The molecule has 19 nitrogen and oxygen atoms in total. The fourth-order valence-electron chi connectivity index (χ4n) is 7.23. The van der Waals surface area contributed by atoms with Gasteiger partial charge in [0.2, 0.25) is 0 Å². The quantitative estimate of drug-likeness (QED) is 0.0495. The first kappa shape index (κ1) is 62.5. The van der Waals surface area contributed by atoms with Crippen LogP contribution in [0.2, 0.25) is 0 Å². The smallest absolute Gasteiger partial charge is 0.870 e. The maximum Gasteiger partial charge on any atom is 1.00 e. The molecule has 0 radical (unpaired) electrons. The van der Waals surface area contributed by atoms with Crippen LogP contribution in [0.1, 0.15) is 64.5 Å². The van der Waals surface area contributed by atoms with Crippen molar-refractivity contribution in [3.63, 3.8) is 0 Å². The molecule has 4 N–H and O–H groups in total. The zero-order valence-corrected chi connectivity index (χ0v) is 41.0. The second-order valence-corrected chi connectivity index (χ2v) is 16.7. The number of nitrogens with zero attached hydrogens (tertiary/aromatic N) is 6. The van der Waals surface area contributed by atoms with Crippen molar-refractivity contribution in [2.45, 2.75) is 92.0 Å². The molecule has 394 valence electrons. The van der Waals surface area contributed by atoms with Crippen LogP contribution in [-0.2, 0) is 49.6 Å². The fourth-order valence-corrected chi connectivity index (χ4v) is 7.23. The number of hydrogen-bond acceptors (Lipinski definition) is 14. The number of aliphatic hydroxyl groups is 1. The molecule has 0 aliphatic heterocycles. The molecule has 6 rings (SSSR count). The third kappa shape index (κ3) is 16.7. The van der Waals surface area contributed by atoms with Crippen LogP contribution in [0.15, 0.2) is 80.1 Å². The van der Waals surface area contributed by atoms with Crippen LogP contribution in [0.3, 0.4) is 0 Å². The second kappa shape index (κ2) is 27.4. The molecule has 0 saturated carbocycles. The summed E-state index contributed by atoms with van der Waals surface area (Å²) in [6.45, 7) is 8.21. The minimum atomic E-state index is -4.86. The summed E-state index contributed by atoms with van der Waals surface area (Å²) in [6.07, 6.45) is -4.39. The number of aromatic nitrogens is 6. The molecular weight excluding hydrogens is 977 g/mol. The number of carbonyl (C=O) groups is 1. The van der Waals surface area contributed by atoms with Gasteiger partial charge in [0.15, 0.2) is 0 Å². The molecule has 4 heterocycles. The summed E-state index contributed by atoms with van der Waals surface area (Å²) in [6, 6.07) is 10.1. The average Bonchev–Trinajstić information content (AvgIpc) is 3.28. The van der Waals surface area contributed by atoms with Gasteiger partial charge in [0, 0.05) is 57.1 Å². The Morgan fingerprint density at radius 2 is 1.04 bits per heavy atom. The van der Waals surface area contributed by atoms with Gasteiger partial charge in [0.1, 0.15) is 45.8 Å². The van der Waals surface area contributed by atoms with Crippen LogP contribution in [0, 0.1) is 11.8 Å². The molecule has 0 spiro atoms. The number of pyridine rings is 2. The van der Waals surface area contributed by atoms with E-state index in [-0.39, 0.29) is 132 Å². The molecule has 2 aromatic carbocycles. The molecule has 0 aliphatic carbocycles. The molecule has 4 aromatic heterocycles. The molecule has 0 unspecified atom stereocenters. The first-order valence-electron chi connectivity index (χ1n) is 22.0. The second-order valence-electron chi connectivity index (χ2n) is 16.7. The summed E-state index contributed by atoms with van der Waals surface area (Å²) in [5.41, 5.74) is -0.956. The van der Waals surface area contributed by atoms with Crippen molar-refractivity contribution in [3.8, 4) is 34.5 Å². The number of carbonyl (C=O) groups excluding carboxylic acids is 1. The first-order chi connectivity index (χ1) is 33.0. The number of halogens is 6. The van der Waals surface area contributed by atoms with Gasteiger partial charge in [-0.25, -0.2) is 19.6 Å². The SMILES string of the molecule is CC(C)CCc1c(Oc2cccc(OC(F)(F)F)c2)cnc2c1c(=O)n(CCCO)c(=O)n2C.CC(C)CCc1c(Oc2cccc(OC(F)(F)F)c2)cnc2c1c(=O)n(CCCOC=O)c(=O)n2C.O.[Li+].[OH-]. The molecular formula is C47H55F6LiN6O13. The van der Waals surface area contributed by atoms with Crippen LogP contribution < -0.4 is 60.3 Å². The van der Waals surface area contributed by atoms with Crippen LogP contribution in [-0.4, -0.2) is 76.7 Å². The van der Waals surface area contributed by atoms with Gasteiger partial charge in [-0.3, -0.25) is 32.7 Å². The van der Waals surface area contributed by atoms with Gasteiger partial charge >= 0.3 is 43.0 Å². The Kier molecular flexibility index (Phi) is 23.5. The van der Waals surface area contributed by atoms with Crippen LogP contribution in [0.4, 0.5) is 26.3 Å². The van der Waals surface area contributed by atoms with E-state index in [2.05, 4.69) is 24.2 Å². The zero-order valence-electron chi connectivity index (χ0n) is 41.0. The maximum absolute atomic E-state index is 13.4. The monoisotopic (exact) mass is 1030 g/mol. The molecule has 6 aromatic rings. The molecule has 0 aliphatic rings. The van der Waals surface area contributed by atoms with Gasteiger partial charge < -0.3 is 39.7 Å². The van der Waals surface area contributed by atoms with Gasteiger partial charge in [-0.1, -0.05) is 39.8 Å². The van der Waals surface area contributed by atoms with E-state index in [4.69, 9.17) is 14.6 Å². The maximum atomic E-state index is 13.4. The number of ether oxygens (including phenoxy) is 5. The molecule has 0 bridgehead atoms. The Morgan fingerprint density at radius 1 is 0.658 bits per heavy atom. The zero-order chi connectivity index (χ0) is 51.5. The minimum Gasteiger partial charge on any atom is -0.870 e. The van der Waals surface area contributed by atoms with Crippen molar-refractivity contribution in [1.82, 2.24) is 28.2 Å². The summed E-state index contributed by atoms with van der Waals surface area (Å²) >= 11 is 0. The van der Waals surface area contributed by atoms with E-state index in [0.717, 1.165) is 33.4 Å². The van der Waals surface area contributed by atoms with E-state index in [1.165, 1.54) is 59.9 Å². The topological polar surface area (TPSA) is 259 Å². The van der Waals surface area contributed by atoms with Crippen molar-refractivity contribution in [2.75, 3.05) is 13.2 Å². The van der Waals surface area contributed by atoms with Crippen molar-refractivity contribution < 1.29 is 89.7 Å².